The molecule has 2 unspecified atom stereocenters. The molecule has 106 valence electrons. The molecule has 0 saturated carbocycles. The van der Waals surface area contributed by atoms with Crippen molar-refractivity contribution in [2.45, 2.75) is 18.4 Å². The van der Waals surface area contributed by atoms with E-state index in [0.717, 1.165) is 0 Å². The Morgan fingerprint density at radius 1 is 1.60 bits per heavy atom. The number of benzene rings is 1. The number of nitrogens with zero attached hydrogens (tertiary/aromatic N) is 4. The zero-order valence-corrected chi connectivity index (χ0v) is 11.2. The predicted molar refractivity (Wildman–Crippen MR) is 72.3 cm³/mol. The van der Waals surface area contributed by atoms with Gasteiger partial charge in [-0.1, -0.05) is 5.21 Å². The highest BCUT2D eigenvalue weighted by Gasteiger charge is 2.22. The summed E-state index contributed by atoms with van der Waals surface area (Å²) >= 11 is 4.27. The minimum atomic E-state index is -0.938. The molecular weight excluding hydrogens is 286 g/mol. The summed E-state index contributed by atoms with van der Waals surface area (Å²) in [5.41, 5.74) is 5.73. The number of ether oxygens (including phenoxy) is 1. The first-order valence-electron chi connectivity index (χ1n) is 5.53. The van der Waals surface area contributed by atoms with Gasteiger partial charge in [-0.3, -0.25) is 10.1 Å². The highest BCUT2D eigenvalue weighted by molar-refractivity contribution is 7.80. The van der Waals surface area contributed by atoms with Crippen LogP contribution < -0.4 is 5.73 Å². The number of thiol groups is 1. The van der Waals surface area contributed by atoms with Crippen molar-refractivity contribution in [3.05, 3.63) is 28.3 Å². The molecule has 0 aliphatic heterocycles. The molecule has 2 aromatic rings. The number of carbonyl (C=O) groups is 1. The molecule has 0 saturated heterocycles. The normalized spacial score (nSPS) is 13.9. The van der Waals surface area contributed by atoms with Gasteiger partial charge in [0.1, 0.15) is 17.0 Å². The van der Waals surface area contributed by atoms with Gasteiger partial charge in [0.25, 0.3) is 5.69 Å². The number of primary amides is 1. The number of hydrogen-bond acceptors (Lipinski definition) is 7. The minimum absolute atomic E-state index is 0.0925. The van der Waals surface area contributed by atoms with Crippen molar-refractivity contribution < 1.29 is 14.5 Å². The molecule has 1 aromatic carbocycles. The molecule has 10 heteroatoms. The van der Waals surface area contributed by atoms with Gasteiger partial charge in [-0.2, -0.15) is 0 Å². The third-order valence-corrected chi connectivity index (χ3v) is 3.28. The molecule has 0 aliphatic rings. The van der Waals surface area contributed by atoms with Gasteiger partial charge in [-0.25, -0.2) is 9.48 Å². The number of nitro benzene ring substituents is 1. The van der Waals surface area contributed by atoms with Crippen LogP contribution in [0.1, 0.15) is 12.3 Å². The maximum absolute atomic E-state index is 10.8. The Hall–Kier alpha value is -2.36. The molecule has 1 aromatic heterocycles. The van der Waals surface area contributed by atoms with Gasteiger partial charge in [-0.15, -0.1) is 17.7 Å². The Kier molecular flexibility index (Phi) is 3.74. The second-order valence-corrected chi connectivity index (χ2v) is 4.55. The molecule has 20 heavy (non-hydrogen) atoms. The molecule has 9 nitrogen and oxygen atoms in total. The highest BCUT2D eigenvalue weighted by Crippen LogP contribution is 2.25. The van der Waals surface area contributed by atoms with E-state index in [0.29, 0.717) is 11.0 Å². The Balaban J connectivity index is 2.41. The van der Waals surface area contributed by atoms with Crippen molar-refractivity contribution in [3.63, 3.8) is 0 Å². The van der Waals surface area contributed by atoms with E-state index in [4.69, 9.17) is 10.5 Å². The standard InChI is InChI=1S/C10H11N5O4S/c1-5(19-10(11)16)9(20)14-8-4-6(15(17)18)2-3-7(8)12-13-14/h2-5,9,20H,1H3,(H2,11,16). The molecule has 1 amide bonds. The minimum Gasteiger partial charge on any atom is -0.443 e. The molecule has 1 heterocycles. The van der Waals surface area contributed by atoms with E-state index in [1.165, 1.54) is 22.9 Å². The number of hydrogen-bond donors (Lipinski definition) is 2. The number of non-ortho nitro benzene ring substituents is 1. The van der Waals surface area contributed by atoms with Gasteiger partial charge in [0.05, 0.1) is 10.4 Å². The molecule has 2 atom stereocenters. The van der Waals surface area contributed by atoms with Crippen LogP contribution in [-0.4, -0.2) is 32.1 Å². The number of carbonyl (C=O) groups excluding carboxylic acids is 1. The van der Waals surface area contributed by atoms with E-state index in [1.807, 2.05) is 0 Å². The topological polar surface area (TPSA) is 126 Å². The number of amides is 1. The lowest BCUT2D eigenvalue weighted by Gasteiger charge is -2.18. The summed E-state index contributed by atoms with van der Waals surface area (Å²) in [7, 11) is 0. The largest absolute Gasteiger partial charge is 0.443 e. The van der Waals surface area contributed by atoms with E-state index in [1.54, 1.807) is 6.92 Å². The van der Waals surface area contributed by atoms with Crippen molar-refractivity contribution in [3.8, 4) is 0 Å². The van der Waals surface area contributed by atoms with Crippen molar-refractivity contribution in [1.82, 2.24) is 15.0 Å². The van der Waals surface area contributed by atoms with Gasteiger partial charge >= 0.3 is 6.09 Å². The van der Waals surface area contributed by atoms with E-state index >= 15 is 0 Å². The van der Waals surface area contributed by atoms with Crippen LogP contribution in [0.2, 0.25) is 0 Å². The van der Waals surface area contributed by atoms with Gasteiger partial charge < -0.3 is 10.5 Å². The SMILES string of the molecule is CC(OC(N)=O)C(S)n1nnc2ccc([N+](=O)[O-])cc21. The van der Waals surface area contributed by atoms with Crippen LogP contribution in [0.25, 0.3) is 11.0 Å². The number of nitrogens with two attached hydrogens (primary N) is 1. The Labute approximate surface area is 118 Å². The smallest absolute Gasteiger partial charge is 0.404 e. The van der Waals surface area contributed by atoms with E-state index in [2.05, 4.69) is 22.9 Å². The molecular formula is C10H11N5O4S. The Morgan fingerprint density at radius 2 is 2.30 bits per heavy atom. The van der Waals surface area contributed by atoms with Crippen molar-refractivity contribution in [2.24, 2.45) is 5.73 Å². The zero-order valence-electron chi connectivity index (χ0n) is 10.3. The third kappa shape index (κ3) is 2.64. The molecule has 0 radical (unpaired) electrons. The molecule has 2 N–H and O–H groups in total. The lowest BCUT2D eigenvalue weighted by atomic mass is 10.2. The lowest BCUT2D eigenvalue weighted by molar-refractivity contribution is -0.384. The first-order chi connectivity index (χ1) is 9.40. The van der Waals surface area contributed by atoms with Crippen molar-refractivity contribution in [1.29, 1.82) is 0 Å². The number of aromatic nitrogens is 3. The first-order valence-corrected chi connectivity index (χ1v) is 6.05. The quantitative estimate of drug-likeness (QED) is 0.497. The second-order valence-electron chi connectivity index (χ2n) is 4.02. The van der Waals surface area contributed by atoms with Crippen molar-refractivity contribution >= 4 is 35.4 Å². The predicted octanol–water partition coefficient (Wildman–Crippen LogP) is 1.25. The molecule has 0 fully saturated rings. The van der Waals surface area contributed by atoms with Gasteiger partial charge in [0.15, 0.2) is 0 Å². The Bertz CT molecular complexity index is 673. The molecule has 0 aliphatic carbocycles. The average molecular weight is 297 g/mol. The maximum atomic E-state index is 10.8. The Morgan fingerprint density at radius 3 is 2.90 bits per heavy atom. The zero-order chi connectivity index (χ0) is 14.9. The second kappa shape index (κ2) is 5.33. The summed E-state index contributed by atoms with van der Waals surface area (Å²) < 4.78 is 6.13. The van der Waals surface area contributed by atoms with Crippen LogP contribution in [0, 0.1) is 10.1 Å². The van der Waals surface area contributed by atoms with E-state index in [-0.39, 0.29) is 5.69 Å². The van der Waals surface area contributed by atoms with Gasteiger partial charge in [-0.05, 0) is 13.0 Å². The lowest BCUT2D eigenvalue weighted by Crippen LogP contribution is -2.27. The summed E-state index contributed by atoms with van der Waals surface area (Å²) in [5.74, 6) is 0. The molecule has 0 bridgehead atoms. The van der Waals surface area contributed by atoms with Crippen LogP contribution in [0.5, 0.6) is 0 Å². The summed E-state index contributed by atoms with van der Waals surface area (Å²) in [4.78, 5) is 21.0. The van der Waals surface area contributed by atoms with E-state index < -0.39 is 22.5 Å². The van der Waals surface area contributed by atoms with Gasteiger partial charge in [0, 0.05) is 12.1 Å². The van der Waals surface area contributed by atoms with Crippen LogP contribution in [0.15, 0.2) is 18.2 Å². The fourth-order valence-corrected chi connectivity index (χ4v) is 1.91. The monoisotopic (exact) mass is 297 g/mol. The average Bonchev–Trinajstić information content (AvgIpc) is 2.79. The number of rotatable bonds is 4. The number of fused-ring (bicyclic) bond motifs is 1. The maximum Gasteiger partial charge on any atom is 0.404 e. The summed E-state index contributed by atoms with van der Waals surface area (Å²) in [6.45, 7) is 1.58. The summed E-state index contributed by atoms with van der Waals surface area (Å²) in [6.07, 6.45) is -1.62. The van der Waals surface area contributed by atoms with Gasteiger partial charge in [0.2, 0.25) is 0 Å². The molecule has 2 rings (SSSR count). The number of nitro groups is 1. The fraction of sp³-hybridized carbons (Fsp3) is 0.300. The first kappa shape index (κ1) is 14.1. The van der Waals surface area contributed by atoms with Crippen LogP contribution in [0.3, 0.4) is 0 Å². The third-order valence-electron chi connectivity index (χ3n) is 2.64. The fourth-order valence-electron chi connectivity index (χ4n) is 1.68. The van der Waals surface area contributed by atoms with Crippen molar-refractivity contribution in [2.75, 3.05) is 0 Å². The molecule has 0 spiro atoms. The van der Waals surface area contributed by atoms with Crippen LogP contribution in [0.4, 0.5) is 10.5 Å². The summed E-state index contributed by atoms with van der Waals surface area (Å²) in [5, 5.41) is 17.8. The van der Waals surface area contributed by atoms with E-state index in [9.17, 15) is 14.9 Å². The van der Waals surface area contributed by atoms with Crippen LogP contribution in [-0.2, 0) is 4.74 Å². The highest BCUT2D eigenvalue weighted by atomic mass is 32.1. The summed E-state index contributed by atoms with van der Waals surface area (Å²) in [6, 6.07) is 4.14. The van der Waals surface area contributed by atoms with Crippen LogP contribution >= 0.6 is 12.6 Å².